The van der Waals surface area contributed by atoms with Crippen molar-refractivity contribution < 1.29 is 4.79 Å². The zero-order chi connectivity index (χ0) is 12.4. The maximum Gasteiger partial charge on any atom is 0.232 e. The van der Waals surface area contributed by atoms with Gasteiger partial charge in [0.05, 0.1) is 5.92 Å². The van der Waals surface area contributed by atoms with E-state index in [1.807, 2.05) is 42.5 Å². The van der Waals surface area contributed by atoms with Crippen LogP contribution >= 0.6 is 0 Å². The number of carbonyl (C=O) groups is 1. The van der Waals surface area contributed by atoms with Gasteiger partial charge in [0.25, 0.3) is 0 Å². The average Bonchev–Trinajstić information content (AvgIpc) is 2.58. The second-order valence-electron chi connectivity index (χ2n) is 4.58. The fourth-order valence-electron chi connectivity index (χ4n) is 2.58. The standard InChI is InChI=1S/C16H15NO/c18-16-15(13-7-2-1-3-8-13)14-9-5-4-6-12(14)10-11-17-16/h1-9,15H,10-11H2,(H,17,18). The Morgan fingerprint density at radius 1 is 0.944 bits per heavy atom. The molecule has 0 radical (unpaired) electrons. The second-order valence-corrected chi connectivity index (χ2v) is 4.58. The van der Waals surface area contributed by atoms with Crippen LogP contribution in [-0.4, -0.2) is 12.5 Å². The Bertz CT molecular complexity index is 562. The van der Waals surface area contributed by atoms with Crippen LogP contribution in [0.1, 0.15) is 22.6 Å². The van der Waals surface area contributed by atoms with Crippen LogP contribution in [0, 0.1) is 0 Å². The van der Waals surface area contributed by atoms with E-state index in [4.69, 9.17) is 0 Å². The van der Waals surface area contributed by atoms with Gasteiger partial charge in [-0.05, 0) is 23.1 Å². The van der Waals surface area contributed by atoms with Gasteiger partial charge in [-0.25, -0.2) is 0 Å². The Hall–Kier alpha value is -2.09. The Morgan fingerprint density at radius 3 is 2.50 bits per heavy atom. The number of nitrogens with one attached hydrogen (secondary N) is 1. The van der Waals surface area contributed by atoms with Crippen molar-refractivity contribution in [1.82, 2.24) is 5.32 Å². The molecule has 1 atom stereocenters. The lowest BCUT2D eigenvalue weighted by molar-refractivity contribution is -0.121. The molecule has 1 amide bonds. The molecule has 0 aliphatic carbocycles. The minimum absolute atomic E-state index is 0.103. The summed E-state index contributed by atoms with van der Waals surface area (Å²) in [4.78, 5) is 12.3. The summed E-state index contributed by atoms with van der Waals surface area (Å²) in [6.07, 6.45) is 0.908. The van der Waals surface area contributed by atoms with Crippen LogP contribution in [0.25, 0.3) is 0 Å². The monoisotopic (exact) mass is 237 g/mol. The van der Waals surface area contributed by atoms with E-state index in [9.17, 15) is 4.79 Å². The molecule has 1 aliphatic heterocycles. The molecule has 3 rings (SSSR count). The van der Waals surface area contributed by atoms with E-state index < -0.39 is 0 Å². The first-order valence-corrected chi connectivity index (χ1v) is 6.27. The zero-order valence-electron chi connectivity index (χ0n) is 10.1. The number of amides is 1. The van der Waals surface area contributed by atoms with Crippen molar-refractivity contribution in [2.45, 2.75) is 12.3 Å². The SMILES string of the molecule is O=C1NCCc2ccccc2C1c1ccccc1. The van der Waals surface area contributed by atoms with E-state index in [1.165, 1.54) is 5.56 Å². The Balaban J connectivity index is 2.14. The third-order valence-electron chi connectivity index (χ3n) is 3.45. The highest BCUT2D eigenvalue weighted by Gasteiger charge is 2.26. The normalized spacial score (nSPS) is 18.7. The van der Waals surface area contributed by atoms with E-state index in [2.05, 4.69) is 17.4 Å². The molecule has 0 fully saturated rings. The van der Waals surface area contributed by atoms with Crippen molar-refractivity contribution in [3.8, 4) is 0 Å². The Morgan fingerprint density at radius 2 is 1.67 bits per heavy atom. The van der Waals surface area contributed by atoms with Gasteiger partial charge in [-0.1, -0.05) is 54.6 Å². The van der Waals surface area contributed by atoms with Gasteiger partial charge in [0, 0.05) is 6.54 Å². The molecule has 0 saturated heterocycles. The zero-order valence-corrected chi connectivity index (χ0v) is 10.1. The van der Waals surface area contributed by atoms with Crippen LogP contribution in [0.2, 0.25) is 0 Å². The molecule has 0 aromatic heterocycles. The predicted molar refractivity (Wildman–Crippen MR) is 71.4 cm³/mol. The second kappa shape index (κ2) is 4.65. The molecule has 18 heavy (non-hydrogen) atoms. The summed E-state index contributed by atoms with van der Waals surface area (Å²) in [5.74, 6) is -0.0731. The first kappa shape index (κ1) is 11.0. The Kier molecular flexibility index (Phi) is 2.85. The number of rotatable bonds is 1. The summed E-state index contributed by atoms with van der Waals surface area (Å²) in [5, 5.41) is 3.00. The van der Waals surface area contributed by atoms with Crippen LogP contribution in [0.3, 0.4) is 0 Å². The van der Waals surface area contributed by atoms with Crippen molar-refractivity contribution in [1.29, 1.82) is 0 Å². The van der Waals surface area contributed by atoms with Crippen LogP contribution in [0.5, 0.6) is 0 Å². The number of hydrogen-bond donors (Lipinski definition) is 1. The van der Waals surface area contributed by atoms with Crippen molar-refractivity contribution in [2.24, 2.45) is 0 Å². The van der Waals surface area contributed by atoms with Gasteiger partial charge >= 0.3 is 0 Å². The minimum Gasteiger partial charge on any atom is -0.355 e. The van der Waals surface area contributed by atoms with E-state index in [0.29, 0.717) is 0 Å². The molecule has 0 saturated carbocycles. The summed E-state index contributed by atoms with van der Waals surface area (Å²) < 4.78 is 0. The van der Waals surface area contributed by atoms with E-state index in [1.54, 1.807) is 0 Å². The number of hydrogen-bond acceptors (Lipinski definition) is 1. The lowest BCUT2D eigenvalue weighted by Crippen LogP contribution is -2.28. The lowest BCUT2D eigenvalue weighted by Gasteiger charge is -2.16. The number of carbonyl (C=O) groups excluding carboxylic acids is 1. The van der Waals surface area contributed by atoms with E-state index in [-0.39, 0.29) is 11.8 Å². The third kappa shape index (κ3) is 1.90. The summed E-state index contributed by atoms with van der Waals surface area (Å²) in [7, 11) is 0. The van der Waals surface area contributed by atoms with Gasteiger partial charge in [-0.2, -0.15) is 0 Å². The molecule has 90 valence electrons. The molecule has 2 heteroatoms. The molecule has 2 aromatic rings. The first-order chi connectivity index (χ1) is 8.86. The minimum atomic E-state index is -0.176. The summed E-state index contributed by atoms with van der Waals surface area (Å²) >= 11 is 0. The number of fused-ring (bicyclic) bond motifs is 1. The predicted octanol–water partition coefficient (Wildman–Crippen LogP) is 2.49. The summed E-state index contributed by atoms with van der Waals surface area (Å²) in [6, 6.07) is 18.2. The van der Waals surface area contributed by atoms with Gasteiger partial charge in [-0.15, -0.1) is 0 Å². The summed E-state index contributed by atoms with van der Waals surface area (Å²) in [6.45, 7) is 0.721. The highest BCUT2D eigenvalue weighted by Crippen LogP contribution is 2.29. The fraction of sp³-hybridized carbons (Fsp3) is 0.188. The van der Waals surface area contributed by atoms with E-state index >= 15 is 0 Å². The van der Waals surface area contributed by atoms with Gasteiger partial charge in [0.15, 0.2) is 0 Å². The Labute approximate surface area is 107 Å². The fourth-order valence-corrected chi connectivity index (χ4v) is 2.58. The van der Waals surface area contributed by atoms with Crippen LogP contribution in [0.15, 0.2) is 54.6 Å². The van der Waals surface area contributed by atoms with Gasteiger partial charge < -0.3 is 5.32 Å². The topological polar surface area (TPSA) is 29.1 Å². The smallest absolute Gasteiger partial charge is 0.232 e. The van der Waals surface area contributed by atoms with Crippen molar-refractivity contribution in [2.75, 3.05) is 6.54 Å². The van der Waals surface area contributed by atoms with Crippen molar-refractivity contribution >= 4 is 5.91 Å². The third-order valence-corrected chi connectivity index (χ3v) is 3.45. The largest absolute Gasteiger partial charge is 0.355 e. The first-order valence-electron chi connectivity index (χ1n) is 6.27. The number of benzene rings is 2. The molecule has 0 bridgehead atoms. The molecule has 1 aliphatic rings. The van der Waals surface area contributed by atoms with Gasteiger partial charge in [0.1, 0.15) is 0 Å². The maximum atomic E-state index is 12.3. The van der Waals surface area contributed by atoms with Crippen molar-refractivity contribution in [3.63, 3.8) is 0 Å². The van der Waals surface area contributed by atoms with E-state index in [0.717, 1.165) is 24.1 Å². The maximum absolute atomic E-state index is 12.3. The summed E-state index contributed by atoms with van der Waals surface area (Å²) in [5.41, 5.74) is 3.47. The van der Waals surface area contributed by atoms with Crippen LogP contribution in [-0.2, 0) is 11.2 Å². The molecule has 1 heterocycles. The molecule has 0 spiro atoms. The highest BCUT2D eigenvalue weighted by molar-refractivity contribution is 5.88. The van der Waals surface area contributed by atoms with Gasteiger partial charge in [-0.3, -0.25) is 4.79 Å². The van der Waals surface area contributed by atoms with Crippen molar-refractivity contribution in [3.05, 3.63) is 71.3 Å². The highest BCUT2D eigenvalue weighted by atomic mass is 16.1. The van der Waals surface area contributed by atoms with Crippen LogP contribution < -0.4 is 5.32 Å². The molecule has 1 unspecified atom stereocenters. The molecule has 2 aromatic carbocycles. The molecule has 1 N–H and O–H groups in total. The molecular weight excluding hydrogens is 222 g/mol. The van der Waals surface area contributed by atoms with Crippen LogP contribution in [0.4, 0.5) is 0 Å². The van der Waals surface area contributed by atoms with Gasteiger partial charge in [0.2, 0.25) is 5.91 Å². The molecular formula is C16H15NO. The average molecular weight is 237 g/mol. The molecule has 2 nitrogen and oxygen atoms in total. The quantitative estimate of drug-likeness (QED) is 0.811. The lowest BCUT2D eigenvalue weighted by atomic mass is 9.88.